The zero-order valence-corrected chi connectivity index (χ0v) is 13.3. The van der Waals surface area contributed by atoms with Gasteiger partial charge in [0.25, 0.3) is 5.69 Å². The maximum atomic E-state index is 11.7. The van der Waals surface area contributed by atoms with Gasteiger partial charge in [0.1, 0.15) is 0 Å². The van der Waals surface area contributed by atoms with Crippen LogP contribution in [0.2, 0.25) is 0 Å². The molecule has 2 rings (SSSR count). The van der Waals surface area contributed by atoms with Crippen molar-refractivity contribution in [2.75, 3.05) is 5.48 Å². The smallest absolute Gasteiger partial charge is 0.332 e. The van der Waals surface area contributed by atoms with E-state index >= 15 is 0 Å². The number of nitro benzene ring substituents is 1. The quantitative estimate of drug-likeness (QED) is 0.596. The van der Waals surface area contributed by atoms with Crippen LogP contribution >= 0.6 is 0 Å². The number of hydrogen-bond acceptors (Lipinski definition) is 6. The predicted octanol–water partition coefficient (Wildman–Crippen LogP) is 3.26. The minimum atomic E-state index is -0.524. The molecule has 0 radical (unpaired) electrons. The van der Waals surface area contributed by atoms with Crippen LogP contribution in [0.5, 0.6) is 0 Å². The lowest BCUT2D eigenvalue weighted by Crippen LogP contribution is -2.18. The third-order valence-electron chi connectivity index (χ3n) is 3.39. The summed E-state index contributed by atoms with van der Waals surface area (Å²) in [5.41, 5.74) is 9.37. The molecule has 126 valence electrons. The fourth-order valence-corrected chi connectivity index (χ4v) is 2.16. The average molecular weight is 329 g/mol. The Bertz CT molecular complexity index is 717. The Kier molecular flexibility index (Phi) is 5.86. The van der Waals surface area contributed by atoms with Gasteiger partial charge in [-0.1, -0.05) is 42.5 Å². The predicted molar refractivity (Wildman–Crippen MR) is 91.1 cm³/mol. The number of nitrogens with one attached hydrogen (secondary N) is 1. The molecule has 0 amide bonds. The van der Waals surface area contributed by atoms with Crippen LogP contribution in [-0.4, -0.2) is 16.9 Å². The van der Waals surface area contributed by atoms with Crippen molar-refractivity contribution in [2.45, 2.75) is 25.8 Å². The number of nitro groups is 1. The third-order valence-corrected chi connectivity index (χ3v) is 3.39. The van der Waals surface area contributed by atoms with E-state index in [-0.39, 0.29) is 23.8 Å². The van der Waals surface area contributed by atoms with Crippen molar-refractivity contribution in [3.63, 3.8) is 0 Å². The molecule has 0 saturated heterocycles. The number of carbonyl (C=O) groups excluding carboxylic acids is 1. The van der Waals surface area contributed by atoms with Crippen LogP contribution in [-0.2, 0) is 9.63 Å². The highest BCUT2D eigenvalue weighted by atomic mass is 16.7. The zero-order valence-electron chi connectivity index (χ0n) is 13.3. The van der Waals surface area contributed by atoms with E-state index < -0.39 is 10.9 Å². The van der Waals surface area contributed by atoms with E-state index in [0.29, 0.717) is 12.0 Å². The maximum Gasteiger partial charge on any atom is 0.332 e. The second-order valence-corrected chi connectivity index (χ2v) is 5.41. The highest BCUT2D eigenvalue weighted by molar-refractivity contribution is 5.84. The topological polar surface area (TPSA) is 107 Å². The zero-order chi connectivity index (χ0) is 17.5. The number of rotatable bonds is 7. The van der Waals surface area contributed by atoms with Crippen LogP contribution in [0.25, 0.3) is 11.1 Å². The summed E-state index contributed by atoms with van der Waals surface area (Å²) in [5.74, 6) is -0.524. The van der Waals surface area contributed by atoms with E-state index in [1.165, 1.54) is 6.07 Å². The molecule has 2 aromatic rings. The van der Waals surface area contributed by atoms with Gasteiger partial charge >= 0.3 is 5.97 Å². The van der Waals surface area contributed by atoms with Gasteiger partial charge < -0.3 is 10.6 Å². The second kappa shape index (κ2) is 8.07. The molecular weight excluding hydrogens is 310 g/mol. The first-order valence-electron chi connectivity index (χ1n) is 7.53. The summed E-state index contributed by atoms with van der Waals surface area (Å²) in [7, 11) is 0. The van der Waals surface area contributed by atoms with E-state index in [1.807, 2.05) is 30.3 Å². The van der Waals surface area contributed by atoms with Gasteiger partial charge in [-0.2, -0.15) is 0 Å². The standard InChI is InChI=1S/C17H19N3O4/c1-12(18)10-11-16(21)24-19-17-14(13-6-3-2-4-7-13)8-5-9-15(17)20(22)23/h2-9,12,19H,10-11,18H2,1H3/t12-/m0/s1. The van der Waals surface area contributed by atoms with Gasteiger partial charge in [0.15, 0.2) is 5.69 Å². The molecule has 2 aromatic carbocycles. The van der Waals surface area contributed by atoms with Gasteiger partial charge in [0, 0.05) is 24.1 Å². The Hall–Kier alpha value is -2.93. The molecule has 1 atom stereocenters. The summed E-state index contributed by atoms with van der Waals surface area (Å²) in [6.07, 6.45) is 0.606. The van der Waals surface area contributed by atoms with Crippen LogP contribution < -0.4 is 11.2 Å². The first kappa shape index (κ1) is 17.4. The summed E-state index contributed by atoms with van der Waals surface area (Å²) < 4.78 is 0. The first-order chi connectivity index (χ1) is 11.5. The number of para-hydroxylation sites is 1. The normalized spacial score (nSPS) is 11.6. The van der Waals surface area contributed by atoms with Crippen LogP contribution in [0.4, 0.5) is 11.4 Å². The highest BCUT2D eigenvalue weighted by Crippen LogP contribution is 2.35. The lowest BCUT2D eigenvalue weighted by Gasteiger charge is -2.12. The molecule has 0 fully saturated rings. The molecule has 3 N–H and O–H groups in total. The number of nitrogens with zero attached hydrogens (tertiary/aromatic N) is 1. The average Bonchev–Trinajstić information content (AvgIpc) is 2.58. The molecule has 0 heterocycles. The molecule has 24 heavy (non-hydrogen) atoms. The van der Waals surface area contributed by atoms with E-state index in [2.05, 4.69) is 5.48 Å². The lowest BCUT2D eigenvalue weighted by molar-refractivity contribution is -0.384. The van der Waals surface area contributed by atoms with Gasteiger partial charge in [0.05, 0.1) is 4.92 Å². The minimum Gasteiger partial charge on any atom is -0.343 e. The van der Waals surface area contributed by atoms with Crippen molar-refractivity contribution >= 4 is 17.3 Å². The van der Waals surface area contributed by atoms with E-state index in [1.54, 1.807) is 19.1 Å². The number of nitrogens with two attached hydrogens (primary N) is 1. The first-order valence-corrected chi connectivity index (χ1v) is 7.53. The summed E-state index contributed by atoms with van der Waals surface area (Å²) in [6.45, 7) is 1.79. The number of carbonyl (C=O) groups is 1. The molecule has 7 nitrogen and oxygen atoms in total. The van der Waals surface area contributed by atoms with E-state index in [4.69, 9.17) is 10.6 Å². The molecular formula is C17H19N3O4. The van der Waals surface area contributed by atoms with E-state index in [0.717, 1.165) is 5.56 Å². The monoisotopic (exact) mass is 329 g/mol. The summed E-state index contributed by atoms with van der Waals surface area (Å²) in [5, 5.41) is 11.3. The van der Waals surface area contributed by atoms with Gasteiger partial charge in [-0.05, 0) is 18.9 Å². The third kappa shape index (κ3) is 4.53. The van der Waals surface area contributed by atoms with Gasteiger partial charge in [-0.15, -0.1) is 0 Å². The Labute approximate surface area is 139 Å². The van der Waals surface area contributed by atoms with Crippen molar-refractivity contribution in [3.05, 3.63) is 58.6 Å². The number of benzene rings is 2. The summed E-state index contributed by atoms with van der Waals surface area (Å²) in [6, 6.07) is 13.7. The number of hydrogen-bond donors (Lipinski definition) is 2. The summed E-state index contributed by atoms with van der Waals surface area (Å²) in [4.78, 5) is 27.5. The van der Waals surface area contributed by atoms with Crippen molar-refractivity contribution < 1.29 is 14.6 Å². The summed E-state index contributed by atoms with van der Waals surface area (Å²) >= 11 is 0. The van der Waals surface area contributed by atoms with Gasteiger partial charge in [0.2, 0.25) is 0 Å². The van der Waals surface area contributed by atoms with Crippen molar-refractivity contribution in [1.29, 1.82) is 0 Å². The Balaban J connectivity index is 2.26. The molecule has 0 aliphatic rings. The molecule has 7 heteroatoms. The van der Waals surface area contributed by atoms with Gasteiger partial charge in [-0.25, -0.2) is 10.3 Å². The lowest BCUT2D eigenvalue weighted by atomic mass is 10.0. The highest BCUT2D eigenvalue weighted by Gasteiger charge is 2.20. The van der Waals surface area contributed by atoms with Crippen molar-refractivity contribution in [2.24, 2.45) is 5.73 Å². The Morgan fingerprint density at radius 2 is 1.96 bits per heavy atom. The molecule has 0 aliphatic heterocycles. The maximum absolute atomic E-state index is 11.7. The van der Waals surface area contributed by atoms with Crippen LogP contribution in [0.1, 0.15) is 19.8 Å². The Morgan fingerprint density at radius 1 is 1.25 bits per heavy atom. The Morgan fingerprint density at radius 3 is 2.58 bits per heavy atom. The molecule has 0 saturated carbocycles. The molecule has 0 aromatic heterocycles. The van der Waals surface area contributed by atoms with Crippen LogP contribution in [0.3, 0.4) is 0 Å². The van der Waals surface area contributed by atoms with Gasteiger partial charge in [-0.3, -0.25) is 10.1 Å². The molecule has 0 unspecified atom stereocenters. The molecule has 0 spiro atoms. The van der Waals surface area contributed by atoms with Crippen LogP contribution in [0, 0.1) is 10.1 Å². The van der Waals surface area contributed by atoms with Crippen molar-refractivity contribution in [3.8, 4) is 11.1 Å². The molecule has 0 bridgehead atoms. The van der Waals surface area contributed by atoms with Crippen molar-refractivity contribution in [1.82, 2.24) is 0 Å². The molecule has 0 aliphatic carbocycles. The number of anilines is 1. The fraction of sp³-hybridized carbons (Fsp3) is 0.235. The van der Waals surface area contributed by atoms with Crippen LogP contribution in [0.15, 0.2) is 48.5 Å². The minimum absolute atomic E-state index is 0.122. The fourth-order valence-electron chi connectivity index (χ4n) is 2.16. The van der Waals surface area contributed by atoms with E-state index in [9.17, 15) is 14.9 Å². The second-order valence-electron chi connectivity index (χ2n) is 5.41. The largest absolute Gasteiger partial charge is 0.343 e. The SMILES string of the molecule is C[C@H](N)CCC(=O)ONc1c(-c2ccccc2)cccc1[N+](=O)[O-].